The molecule has 0 aromatic rings. The molecule has 60 valence electrons. The van der Waals surface area contributed by atoms with Crippen LogP contribution in [0.4, 0.5) is 4.70 Å². The standard InChI is InChI=1S/2C2H4O2.FH.Mg.2H/c2*1-2(3)4;;;;/h2*1H3,(H,3,4);1H;;;. The van der Waals surface area contributed by atoms with E-state index < -0.39 is 11.9 Å². The average molecular weight is 166 g/mol. The van der Waals surface area contributed by atoms with Gasteiger partial charge in [0, 0.05) is 13.8 Å². The van der Waals surface area contributed by atoms with Gasteiger partial charge in [-0.25, -0.2) is 0 Å². The van der Waals surface area contributed by atoms with Gasteiger partial charge in [0.2, 0.25) is 0 Å². The Labute approximate surface area is 73.7 Å². The molecule has 0 aliphatic heterocycles. The fraction of sp³-hybridized carbons (Fsp3) is 0.500. The summed E-state index contributed by atoms with van der Waals surface area (Å²) in [5, 5.41) is 14.8. The summed E-state index contributed by atoms with van der Waals surface area (Å²) in [6.07, 6.45) is 0. The Morgan fingerprint density at radius 2 is 1.00 bits per heavy atom. The molecule has 0 radical (unpaired) electrons. The number of halogens is 1. The number of carboxylic acid groups (broad SMARTS) is 2. The van der Waals surface area contributed by atoms with E-state index in [1.807, 2.05) is 0 Å². The molecule has 0 bridgehead atoms. The fourth-order valence-electron chi connectivity index (χ4n) is 0. The largest absolute Gasteiger partial charge is 0.481 e. The van der Waals surface area contributed by atoms with E-state index in [0.717, 1.165) is 13.8 Å². The van der Waals surface area contributed by atoms with Crippen molar-refractivity contribution < 1.29 is 24.5 Å². The van der Waals surface area contributed by atoms with Gasteiger partial charge in [-0.2, -0.15) is 0 Å². The number of hydrogen-bond acceptors (Lipinski definition) is 2. The van der Waals surface area contributed by atoms with Gasteiger partial charge in [0.25, 0.3) is 11.9 Å². The number of hydrogen-bond donors (Lipinski definition) is 2. The minimum atomic E-state index is -0.833. The maximum Gasteiger partial charge on any atom is 0.316 e. The van der Waals surface area contributed by atoms with E-state index in [-0.39, 0.29) is 27.8 Å². The first-order valence-corrected chi connectivity index (χ1v) is 1.86. The molecule has 0 heterocycles. The van der Waals surface area contributed by atoms with Crippen LogP contribution < -0.4 is 0 Å². The third kappa shape index (κ3) is 2540. The van der Waals surface area contributed by atoms with Crippen molar-refractivity contribution in [3.05, 3.63) is 0 Å². The topological polar surface area (TPSA) is 74.6 Å². The second kappa shape index (κ2) is 15.9. The van der Waals surface area contributed by atoms with Gasteiger partial charge in [-0.15, -0.1) is 0 Å². The van der Waals surface area contributed by atoms with E-state index in [1.165, 1.54) is 0 Å². The third-order valence-corrected chi connectivity index (χ3v) is 0. The Balaban J connectivity index is -0.0000000300. The van der Waals surface area contributed by atoms with Crippen LogP contribution in [-0.4, -0.2) is 45.2 Å². The lowest BCUT2D eigenvalue weighted by Crippen LogP contribution is -1.78. The van der Waals surface area contributed by atoms with Crippen molar-refractivity contribution in [3.63, 3.8) is 0 Å². The minimum Gasteiger partial charge on any atom is -0.481 e. The van der Waals surface area contributed by atoms with E-state index in [0.29, 0.717) is 0 Å². The van der Waals surface area contributed by atoms with Gasteiger partial charge in [-0.1, -0.05) is 0 Å². The number of aliphatic carboxylic acids is 2. The maximum absolute atomic E-state index is 9.00. The molecule has 2 N–H and O–H groups in total. The molecule has 0 aromatic heterocycles. The van der Waals surface area contributed by atoms with Crippen molar-refractivity contribution in [2.24, 2.45) is 0 Å². The fourth-order valence-corrected chi connectivity index (χ4v) is 0. The lowest BCUT2D eigenvalue weighted by Gasteiger charge is -1.59. The van der Waals surface area contributed by atoms with Crippen LogP contribution in [0.25, 0.3) is 0 Å². The van der Waals surface area contributed by atoms with Crippen molar-refractivity contribution in [1.29, 1.82) is 0 Å². The predicted molar refractivity (Wildman–Crippen MR) is 37.7 cm³/mol. The highest BCUT2D eigenvalue weighted by atomic mass is 24.3. The Morgan fingerprint density at radius 1 is 1.00 bits per heavy atom. The first-order chi connectivity index (χ1) is 3.46. The summed E-state index contributed by atoms with van der Waals surface area (Å²) in [6.45, 7) is 2.17. The molecule has 6 heteroatoms. The number of carboxylic acids is 2. The quantitative estimate of drug-likeness (QED) is 0.472. The number of carbonyl (C=O) groups is 2. The summed E-state index contributed by atoms with van der Waals surface area (Å²) in [7, 11) is 0. The molecule has 0 aliphatic carbocycles. The first-order valence-electron chi connectivity index (χ1n) is 1.86. The summed E-state index contributed by atoms with van der Waals surface area (Å²) in [5.74, 6) is -1.67. The van der Waals surface area contributed by atoms with Crippen molar-refractivity contribution >= 4 is 35.0 Å². The molecular formula is C4H11FMgO4. The first kappa shape index (κ1) is 22.6. The van der Waals surface area contributed by atoms with E-state index in [2.05, 4.69) is 0 Å². The second-order valence-corrected chi connectivity index (χ2v) is 1.04. The normalized spacial score (nSPS) is 5.00. The van der Waals surface area contributed by atoms with Crippen molar-refractivity contribution in [1.82, 2.24) is 0 Å². The second-order valence-electron chi connectivity index (χ2n) is 1.04. The molecule has 0 aromatic carbocycles. The van der Waals surface area contributed by atoms with Gasteiger partial charge < -0.3 is 10.2 Å². The SMILES string of the molecule is CC(=O)O.CC(=O)O.F.[MgH2]. The molecule has 0 spiro atoms. The monoisotopic (exact) mass is 166 g/mol. The Bertz CT molecular complexity index is 75.3. The molecule has 4 nitrogen and oxygen atoms in total. The van der Waals surface area contributed by atoms with Crippen molar-refractivity contribution in [2.75, 3.05) is 0 Å². The van der Waals surface area contributed by atoms with Crippen LogP contribution in [0.3, 0.4) is 0 Å². The van der Waals surface area contributed by atoms with Crippen LogP contribution in [0.1, 0.15) is 13.8 Å². The molecule has 0 atom stereocenters. The highest BCUT2D eigenvalue weighted by Crippen LogP contribution is 1.42. The Hall–Kier alpha value is -0.364. The van der Waals surface area contributed by atoms with Gasteiger partial charge in [-0.3, -0.25) is 14.3 Å². The smallest absolute Gasteiger partial charge is 0.316 e. The van der Waals surface area contributed by atoms with Crippen LogP contribution >= 0.6 is 0 Å². The highest BCUT2D eigenvalue weighted by Gasteiger charge is 1.65. The zero-order valence-electron chi connectivity index (χ0n) is 5.12. The Kier molecular flexibility index (Phi) is 35.9. The molecule has 10 heavy (non-hydrogen) atoms. The molecular weight excluding hydrogens is 155 g/mol. The minimum absolute atomic E-state index is 0. The lowest BCUT2D eigenvalue weighted by molar-refractivity contribution is -0.135. The van der Waals surface area contributed by atoms with E-state index in [4.69, 9.17) is 19.8 Å². The van der Waals surface area contributed by atoms with Crippen LogP contribution in [-0.2, 0) is 9.59 Å². The molecule has 0 aliphatic rings. The molecule has 0 saturated carbocycles. The Morgan fingerprint density at radius 3 is 1.00 bits per heavy atom. The van der Waals surface area contributed by atoms with E-state index in [1.54, 1.807) is 0 Å². The van der Waals surface area contributed by atoms with Gasteiger partial charge in [0.1, 0.15) is 0 Å². The van der Waals surface area contributed by atoms with Gasteiger partial charge in [0.05, 0.1) is 0 Å². The predicted octanol–water partition coefficient (Wildman–Crippen LogP) is -0.582. The number of rotatable bonds is 0. The maximum atomic E-state index is 9.00. The average Bonchev–Trinajstić information content (AvgIpc) is 1.25. The zero-order valence-corrected chi connectivity index (χ0v) is 5.12. The summed E-state index contributed by atoms with van der Waals surface area (Å²) in [6, 6.07) is 0. The van der Waals surface area contributed by atoms with Crippen LogP contribution in [0.2, 0.25) is 0 Å². The van der Waals surface area contributed by atoms with Gasteiger partial charge in [-0.05, 0) is 0 Å². The van der Waals surface area contributed by atoms with Crippen LogP contribution in [0.5, 0.6) is 0 Å². The third-order valence-electron chi connectivity index (χ3n) is 0. The van der Waals surface area contributed by atoms with Gasteiger partial charge in [0.15, 0.2) is 0 Å². The molecule has 0 fully saturated rings. The van der Waals surface area contributed by atoms with Crippen LogP contribution in [0, 0.1) is 0 Å². The summed E-state index contributed by atoms with van der Waals surface area (Å²) < 4.78 is 0. The van der Waals surface area contributed by atoms with E-state index in [9.17, 15) is 0 Å². The van der Waals surface area contributed by atoms with Gasteiger partial charge >= 0.3 is 23.1 Å². The molecule has 0 saturated heterocycles. The van der Waals surface area contributed by atoms with Crippen molar-refractivity contribution in [3.8, 4) is 0 Å². The van der Waals surface area contributed by atoms with Crippen LogP contribution in [0.15, 0.2) is 0 Å². The summed E-state index contributed by atoms with van der Waals surface area (Å²) >= 11 is 0. The zero-order chi connectivity index (χ0) is 7.15. The lowest BCUT2D eigenvalue weighted by atomic mass is 10.9. The molecule has 0 amide bonds. The molecule has 0 unspecified atom stereocenters. The summed E-state index contributed by atoms with van der Waals surface area (Å²) in [5.41, 5.74) is 0. The van der Waals surface area contributed by atoms with Crippen molar-refractivity contribution in [2.45, 2.75) is 13.8 Å². The summed E-state index contributed by atoms with van der Waals surface area (Å²) in [4.78, 5) is 18.0. The molecule has 0 rings (SSSR count). The highest BCUT2D eigenvalue weighted by molar-refractivity contribution is 5.75. The van der Waals surface area contributed by atoms with E-state index >= 15 is 0 Å².